The maximum Gasteiger partial charge on any atom is 0.320 e. The Bertz CT molecular complexity index is 711. The molecular weight excluding hydrogens is 316 g/mol. The molecule has 6 heteroatoms. The third-order valence-electron chi connectivity index (χ3n) is 4.60. The predicted octanol–water partition coefficient (Wildman–Crippen LogP) is 3.41. The van der Waals surface area contributed by atoms with Crippen molar-refractivity contribution in [1.29, 1.82) is 0 Å². The molecule has 1 saturated carbocycles. The molecule has 25 heavy (non-hydrogen) atoms. The Morgan fingerprint density at radius 1 is 1.32 bits per heavy atom. The summed E-state index contributed by atoms with van der Waals surface area (Å²) in [7, 11) is 0. The van der Waals surface area contributed by atoms with E-state index in [2.05, 4.69) is 15.7 Å². The van der Waals surface area contributed by atoms with Crippen molar-refractivity contribution in [2.45, 2.75) is 45.3 Å². The van der Waals surface area contributed by atoms with Gasteiger partial charge in [0, 0.05) is 24.2 Å². The lowest BCUT2D eigenvalue weighted by Crippen LogP contribution is -2.33. The molecule has 0 bridgehead atoms. The SMILES string of the molecule is CC(C)n1nc(-c2ccccc2)cc1NC(=O)NC[C@@H]1CC[C@@H](O)C1. The van der Waals surface area contributed by atoms with E-state index in [-0.39, 0.29) is 18.2 Å². The standard InChI is InChI=1S/C19H26N4O2/c1-13(2)23-18(11-17(22-23)15-6-4-3-5-7-15)21-19(25)20-12-14-8-9-16(24)10-14/h3-7,11,13-14,16,24H,8-10,12H2,1-2H3,(H2,20,21,25)/t14-,16-/m1/s1. The van der Waals surface area contributed by atoms with E-state index in [1.165, 1.54) is 0 Å². The zero-order chi connectivity index (χ0) is 17.8. The van der Waals surface area contributed by atoms with E-state index in [1.54, 1.807) is 0 Å². The summed E-state index contributed by atoms with van der Waals surface area (Å²) in [6.07, 6.45) is 2.34. The zero-order valence-corrected chi connectivity index (χ0v) is 14.8. The van der Waals surface area contributed by atoms with Crippen LogP contribution < -0.4 is 10.6 Å². The van der Waals surface area contributed by atoms with Crippen LogP contribution in [0.4, 0.5) is 10.6 Å². The average Bonchev–Trinajstić information content (AvgIpc) is 3.20. The lowest BCUT2D eigenvalue weighted by atomic mass is 10.1. The summed E-state index contributed by atoms with van der Waals surface area (Å²) in [5.74, 6) is 1.04. The molecule has 0 spiro atoms. The Balaban J connectivity index is 1.66. The van der Waals surface area contributed by atoms with Gasteiger partial charge in [-0.05, 0) is 39.0 Å². The summed E-state index contributed by atoms with van der Waals surface area (Å²) < 4.78 is 1.82. The minimum atomic E-state index is -0.234. The Morgan fingerprint density at radius 3 is 2.72 bits per heavy atom. The van der Waals surface area contributed by atoms with Crippen LogP contribution in [0.3, 0.4) is 0 Å². The monoisotopic (exact) mass is 342 g/mol. The third-order valence-corrected chi connectivity index (χ3v) is 4.60. The van der Waals surface area contributed by atoms with Gasteiger partial charge >= 0.3 is 6.03 Å². The molecule has 134 valence electrons. The van der Waals surface area contributed by atoms with E-state index < -0.39 is 0 Å². The molecule has 1 fully saturated rings. The molecule has 2 amide bonds. The molecule has 3 N–H and O–H groups in total. The molecule has 1 heterocycles. The Kier molecular flexibility index (Phi) is 5.38. The van der Waals surface area contributed by atoms with E-state index in [0.29, 0.717) is 18.3 Å². The molecule has 2 aromatic rings. The molecule has 6 nitrogen and oxygen atoms in total. The Hall–Kier alpha value is -2.34. The normalized spacial score (nSPS) is 20.0. The van der Waals surface area contributed by atoms with Gasteiger partial charge in [0.15, 0.2) is 0 Å². The number of nitrogens with zero attached hydrogens (tertiary/aromatic N) is 2. The largest absolute Gasteiger partial charge is 0.393 e. The summed E-state index contributed by atoms with van der Waals surface area (Å²) in [5, 5.41) is 20.0. The maximum atomic E-state index is 12.2. The van der Waals surface area contributed by atoms with Crippen molar-refractivity contribution in [2.24, 2.45) is 5.92 Å². The second-order valence-corrected chi connectivity index (χ2v) is 6.99. The number of aliphatic hydroxyl groups excluding tert-OH is 1. The van der Waals surface area contributed by atoms with Crippen LogP contribution in [0.2, 0.25) is 0 Å². The molecule has 3 rings (SSSR count). The van der Waals surface area contributed by atoms with Gasteiger partial charge in [-0.2, -0.15) is 5.10 Å². The smallest absolute Gasteiger partial charge is 0.320 e. The summed E-state index contributed by atoms with van der Waals surface area (Å²) in [4.78, 5) is 12.2. The molecule has 0 aliphatic heterocycles. The third kappa shape index (κ3) is 4.39. The first-order chi connectivity index (χ1) is 12.0. The Labute approximate surface area is 148 Å². The second kappa shape index (κ2) is 7.70. The number of nitrogens with one attached hydrogen (secondary N) is 2. The second-order valence-electron chi connectivity index (χ2n) is 6.99. The van der Waals surface area contributed by atoms with Gasteiger partial charge in [0.25, 0.3) is 0 Å². The van der Waals surface area contributed by atoms with Gasteiger partial charge < -0.3 is 10.4 Å². The van der Waals surface area contributed by atoms with Crippen LogP contribution in [0.15, 0.2) is 36.4 Å². The van der Waals surface area contributed by atoms with Crippen molar-refractivity contribution in [3.63, 3.8) is 0 Å². The topological polar surface area (TPSA) is 79.2 Å². The van der Waals surface area contributed by atoms with Crippen molar-refractivity contribution >= 4 is 11.8 Å². The number of urea groups is 1. The minimum Gasteiger partial charge on any atom is -0.393 e. The highest BCUT2D eigenvalue weighted by Gasteiger charge is 2.23. The van der Waals surface area contributed by atoms with Crippen molar-refractivity contribution in [1.82, 2.24) is 15.1 Å². The number of carbonyl (C=O) groups excluding carboxylic acids is 1. The number of rotatable bonds is 5. The van der Waals surface area contributed by atoms with Crippen molar-refractivity contribution in [2.75, 3.05) is 11.9 Å². The fourth-order valence-corrected chi connectivity index (χ4v) is 3.26. The number of benzene rings is 1. The number of aliphatic hydroxyl groups is 1. The first kappa shape index (κ1) is 17.5. The van der Waals surface area contributed by atoms with Crippen molar-refractivity contribution in [3.05, 3.63) is 36.4 Å². The molecule has 0 radical (unpaired) electrons. The summed E-state index contributed by atoms with van der Waals surface area (Å²) in [5.41, 5.74) is 1.86. The van der Waals surface area contributed by atoms with E-state index >= 15 is 0 Å². The van der Waals surface area contributed by atoms with E-state index in [0.717, 1.165) is 30.5 Å². The zero-order valence-electron chi connectivity index (χ0n) is 14.8. The van der Waals surface area contributed by atoms with Gasteiger partial charge in [0.2, 0.25) is 0 Å². The highest BCUT2D eigenvalue weighted by Crippen LogP contribution is 2.25. The maximum absolute atomic E-state index is 12.2. The predicted molar refractivity (Wildman–Crippen MR) is 98.4 cm³/mol. The van der Waals surface area contributed by atoms with Crippen molar-refractivity contribution in [3.8, 4) is 11.3 Å². The van der Waals surface area contributed by atoms with Gasteiger partial charge in [0.1, 0.15) is 5.82 Å². The molecule has 1 aliphatic rings. The molecule has 0 unspecified atom stereocenters. The van der Waals surface area contributed by atoms with Crippen LogP contribution in [0.25, 0.3) is 11.3 Å². The van der Waals surface area contributed by atoms with Gasteiger partial charge in [-0.25, -0.2) is 9.48 Å². The van der Waals surface area contributed by atoms with Crippen LogP contribution in [-0.4, -0.2) is 33.6 Å². The number of amides is 2. The van der Waals surface area contributed by atoms with Gasteiger partial charge in [-0.3, -0.25) is 5.32 Å². The fourth-order valence-electron chi connectivity index (χ4n) is 3.26. The molecule has 0 saturated heterocycles. The number of aromatic nitrogens is 2. The summed E-state index contributed by atoms with van der Waals surface area (Å²) in [6.45, 7) is 4.65. The van der Waals surface area contributed by atoms with E-state index in [1.807, 2.05) is 54.9 Å². The lowest BCUT2D eigenvalue weighted by Gasteiger charge is -2.14. The van der Waals surface area contributed by atoms with Crippen LogP contribution >= 0.6 is 0 Å². The van der Waals surface area contributed by atoms with Gasteiger partial charge in [0.05, 0.1) is 11.8 Å². The highest BCUT2D eigenvalue weighted by atomic mass is 16.3. The number of hydrogen-bond acceptors (Lipinski definition) is 3. The van der Waals surface area contributed by atoms with E-state index in [4.69, 9.17) is 0 Å². The minimum absolute atomic E-state index is 0.137. The number of carbonyl (C=O) groups is 1. The van der Waals surface area contributed by atoms with Crippen molar-refractivity contribution < 1.29 is 9.90 Å². The lowest BCUT2D eigenvalue weighted by molar-refractivity contribution is 0.177. The summed E-state index contributed by atoms with van der Waals surface area (Å²) >= 11 is 0. The first-order valence-corrected chi connectivity index (χ1v) is 8.91. The molecule has 1 aliphatic carbocycles. The fraction of sp³-hybridized carbons (Fsp3) is 0.474. The molecular formula is C19H26N4O2. The molecule has 1 aromatic heterocycles. The number of hydrogen-bond donors (Lipinski definition) is 3. The average molecular weight is 342 g/mol. The Morgan fingerprint density at radius 2 is 2.08 bits per heavy atom. The molecule has 2 atom stereocenters. The highest BCUT2D eigenvalue weighted by molar-refractivity contribution is 5.89. The quantitative estimate of drug-likeness (QED) is 0.779. The summed E-state index contributed by atoms with van der Waals surface area (Å²) in [6, 6.07) is 11.7. The molecule has 1 aromatic carbocycles. The van der Waals surface area contributed by atoms with Crippen LogP contribution in [-0.2, 0) is 0 Å². The van der Waals surface area contributed by atoms with Crippen LogP contribution in [0.1, 0.15) is 39.2 Å². The van der Waals surface area contributed by atoms with E-state index in [9.17, 15) is 9.90 Å². The van der Waals surface area contributed by atoms with Gasteiger partial charge in [-0.1, -0.05) is 30.3 Å². The van der Waals surface area contributed by atoms with Gasteiger partial charge in [-0.15, -0.1) is 0 Å². The van der Waals surface area contributed by atoms with Crippen LogP contribution in [0.5, 0.6) is 0 Å². The first-order valence-electron chi connectivity index (χ1n) is 8.91. The van der Waals surface area contributed by atoms with Crippen LogP contribution in [0, 0.1) is 5.92 Å². The number of anilines is 1.